The van der Waals surface area contributed by atoms with Crippen molar-refractivity contribution in [2.24, 2.45) is 11.3 Å². The molecule has 2 heterocycles. The Morgan fingerprint density at radius 2 is 1.89 bits per heavy atom. The molecule has 2 unspecified atom stereocenters. The van der Waals surface area contributed by atoms with Gasteiger partial charge in [0.15, 0.2) is 0 Å². The van der Waals surface area contributed by atoms with E-state index in [2.05, 4.69) is 20.8 Å². The third-order valence-electron chi connectivity index (χ3n) is 5.48. The van der Waals surface area contributed by atoms with Crippen molar-refractivity contribution < 1.29 is 4.74 Å². The Morgan fingerprint density at radius 3 is 2.67 bits per heavy atom. The first-order valence-electron chi connectivity index (χ1n) is 7.71. The first-order chi connectivity index (χ1) is 8.83. The summed E-state index contributed by atoms with van der Waals surface area (Å²) in [7, 11) is 0. The lowest BCUT2D eigenvalue weighted by atomic mass is 9.80. The predicted octanol–water partition coefficient (Wildman–Crippen LogP) is 3.44. The Morgan fingerprint density at radius 1 is 1.11 bits per heavy atom. The maximum absolute atomic E-state index is 5.56. The monoisotopic (exact) mass is 315 g/mol. The molecule has 3 aliphatic rings. The van der Waals surface area contributed by atoms with E-state index in [9.17, 15) is 0 Å². The van der Waals surface area contributed by atoms with E-state index < -0.39 is 0 Å². The second kappa shape index (κ2) is 5.80. The van der Waals surface area contributed by atoms with Crippen LogP contribution in [0.4, 0.5) is 0 Å². The molecule has 2 nitrogen and oxygen atoms in total. The van der Waals surface area contributed by atoms with E-state index in [1.54, 1.807) is 0 Å². The van der Waals surface area contributed by atoms with Crippen LogP contribution in [0.3, 0.4) is 0 Å². The predicted molar refractivity (Wildman–Crippen MR) is 78.2 cm³/mol. The minimum Gasteiger partial charge on any atom is -0.381 e. The van der Waals surface area contributed by atoms with Crippen LogP contribution in [0.15, 0.2) is 0 Å². The number of rotatable bonds is 3. The number of nitrogens with zero attached hydrogens (tertiary/aromatic N) is 1. The van der Waals surface area contributed by atoms with Crippen LogP contribution < -0.4 is 0 Å². The molecule has 1 aliphatic carbocycles. The molecule has 0 aromatic carbocycles. The van der Waals surface area contributed by atoms with Crippen LogP contribution >= 0.6 is 15.9 Å². The van der Waals surface area contributed by atoms with Gasteiger partial charge >= 0.3 is 0 Å². The van der Waals surface area contributed by atoms with Crippen molar-refractivity contribution in [3.8, 4) is 0 Å². The summed E-state index contributed by atoms with van der Waals surface area (Å²) in [4.78, 5) is 2.84. The largest absolute Gasteiger partial charge is 0.381 e. The molecule has 0 aromatic heterocycles. The maximum atomic E-state index is 5.56. The number of alkyl halides is 1. The van der Waals surface area contributed by atoms with Crippen molar-refractivity contribution in [2.45, 2.75) is 51.0 Å². The zero-order chi connectivity index (χ0) is 12.4. The van der Waals surface area contributed by atoms with Crippen LogP contribution in [0.5, 0.6) is 0 Å². The van der Waals surface area contributed by atoms with E-state index in [1.807, 2.05) is 0 Å². The van der Waals surface area contributed by atoms with Gasteiger partial charge in [-0.3, -0.25) is 4.90 Å². The summed E-state index contributed by atoms with van der Waals surface area (Å²) < 4.78 is 5.56. The van der Waals surface area contributed by atoms with Gasteiger partial charge in [0, 0.05) is 31.1 Å². The highest BCUT2D eigenvalue weighted by molar-refractivity contribution is 9.09. The van der Waals surface area contributed by atoms with E-state index in [0.29, 0.717) is 5.41 Å². The van der Waals surface area contributed by atoms with Crippen LogP contribution in [-0.2, 0) is 4.74 Å². The zero-order valence-corrected chi connectivity index (χ0v) is 13.0. The summed E-state index contributed by atoms with van der Waals surface area (Å²) in [6.45, 7) is 4.58. The van der Waals surface area contributed by atoms with Gasteiger partial charge in [-0.25, -0.2) is 0 Å². The normalized spacial score (nSPS) is 36.5. The van der Waals surface area contributed by atoms with Gasteiger partial charge in [-0.05, 0) is 56.4 Å². The summed E-state index contributed by atoms with van der Waals surface area (Å²) in [5, 5.41) is 1.15. The van der Waals surface area contributed by atoms with Crippen LogP contribution in [0, 0.1) is 11.3 Å². The van der Waals surface area contributed by atoms with Gasteiger partial charge in [0.2, 0.25) is 0 Å². The molecule has 3 fully saturated rings. The van der Waals surface area contributed by atoms with Gasteiger partial charge < -0.3 is 4.74 Å². The highest BCUT2D eigenvalue weighted by Gasteiger charge is 2.40. The molecular weight excluding hydrogens is 290 g/mol. The zero-order valence-electron chi connectivity index (χ0n) is 11.4. The van der Waals surface area contributed by atoms with Gasteiger partial charge in [0.25, 0.3) is 0 Å². The van der Waals surface area contributed by atoms with E-state index in [1.165, 1.54) is 58.0 Å². The van der Waals surface area contributed by atoms with Crippen molar-refractivity contribution in [1.82, 2.24) is 4.90 Å². The van der Waals surface area contributed by atoms with E-state index in [0.717, 1.165) is 30.5 Å². The van der Waals surface area contributed by atoms with Crippen LogP contribution in [0.25, 0.3) is 0 Å². The van der Waals surface area contributed by atoms with Crippen molar-refractivity contribution in [3.63, 3.8) is 0 Å². The number of likely N-dealkylation sites (tertiary alicyclic amines) is 1. The molecule has 18 heavy (non-hydrogen) atoms. The Bertz CT molecular complexity index is 278. The molecule has 1 saturated carbocycles. The van der Waals surface area contributed by atoms with Gasteiger partial charge in [-0.2, -0.15) is 0 Å². The van der Waals surface area contributed by atoms with Gasteiger partial charge in [-0.1, -0.05) is 22.4 Å². The minimum absolute atomic E-state index is 0.489. The fourth-order valence-electron chi connectivity index (χ4n) is 4.32. The minimum atomic E-state index is 0.489. The number of halogens is 1. The SMILES string of the molecule is BrCC1(CN2CCCC3CCCC32)CCOCC1. The molecule has 0 spiro atoms. The first kappa shape index (κ1) is 13.4. The quantitative estimate of drug-likeness (QED) is 0.740. The van der Waals surface area contributed by atoms with Crippen molar-refractivity contribution in [3.05, 3.63) is 0 Å². The molecule has 104 valence electrons. The summed E-state index contributed by atoms with van der Waals surface area (Å²) >= 11 is 3.79. The van der Waals surface area contributed by atoms with Crippen LogP contribution in [0.2, 0.25) is 0 Å². The molecule has 3 rings (SSSR count). The fourth-order valence-corrected chi connectivity index (χ4v) is 5.06. The number of hydrogen-bond donors (Lipinski definition) is 0. The van der Waals surface area contributed by atoms with Crippen LogP contribution in [-0.4, -0.2) is 42.6 Å². The second-order valence-electron chi connectivity index (χ2n) is 6.62. The van der Waals surface area contributed by atoms with Crippen molar-refractivity contribution in [1.29, 1.82) is 0 Å². The molecule has 2 atom stereocenters. The van der Waals surface area contributed by atoms with Gasteiger partial charge in [0.05, 0.1) is 0 Å². The fraction of sp³-hybridized carbons (Fsp3) is 1.00. The van der Waals surface area contributed by atoms with Crippen molar-refractivity contribution >= 4 is 15.9 Å². The first-order valence-corrected chi connectivity index (χ1v) is 8.83. The highest BCUT2D eigenvalue weighted by Crippen LogP contribution is 2.40. The van der Waals surface area contributed by atoms with Gasteiger partial charge in [-0.15, -0.1) is 0 Å². The standard InChI is InChI=1S/C15H26BrNO/c16-11-15(6-9-18-10-7-15)12-17-8-2-4-13-3-1-5-14(13)17/h13-14H,1-12H2. The average Bonchev–Trinajstić information content (AvgIpc) is 2.89. The highest BCUT2D eigenvalue weighted by atomic mass is 79.9. The average molecular weight is 316 g/mol. The lowest BCUT2D eigenvalue weighted by Gasteiger charge is -2.45. The van der Waals surface area contributed by atoms with E-state index in [-0.39, 0.29) is 0 Å². The molecule has 2 saturated heterocycles. The molecule has 0 bridgehead atoms. The Kier molecular flexibility index (Phi) is 4.32. The number of fused-ring (bicyclic) bond motifs is 1. The Labute approximate surface area is 120 Å². The number of ether oxygens (including phenoxy) is 1. The molecule has 0 N–H and O–H groups in total. The lowest BCUT2D eigenvalue weighted by Crippen LogP contribution is -2.50. The van der Waals surface area contributed by atoms with Crippen LogP contribution in [0.1, 0.15) is 44.9 Å². The third-order valence-corrected chi connectivity index (χ3v) is 6.67. The van der Waals surface area contributed by atoms with Gasteiger partial charge in [0.1, 0.15) is 0 Å². The summed E-state index contributed by atoms with van der Waals surface area (Å²) in [6, 6.07) is 0.914. The molecule has 0 amide bonds. The maximum Gasteiger partial charge on any atom is 0.0472 e. The molecular formula is C15H26BrNO. The summed E-state index contributed by atoms with van der Waals surface area (Å²) in [5.74, 6) is 1.02. The molecule has 2 aliphatic heterocycles. The Balaban J connectivity index is 1.66. The summed E-state index contributed by atoms with van der Waals surface area (Å²) in [5.41, 5.74) is 0.489. The Hall–Kier alpha value is 0.400. The van der Waals surface area contributed by atoms with Crippen molar-refractivity contribution in [2.75, 3.05) is 31.6 Å². The van der Waals surface area contributed by atoms with E-state index in [4.69, 9.17) is 4.74 Å². The summed E-state index contributed by atoms with van der Waals surface area (Å²) in [6.07, 6.45) is 9.82. The lowest BCUT2D eigenvalue weighted by molar-refractivity contribution is -0.0107. The smallest absolute Gasteiger partial charge is 0.0472 e. The second-order valence-corrected chi connectivity index (χ2v) is 7.18. The third kappa shape index (κ3) is 2.64. The molecule has 3 heteroatoms. The molecule has 0 aromatic rings. The number of piperidine rings is 1. The van der Waals surface area contributed by atoms with E-state index >= 15 is 0 Å². The topological polar surface area (TPSA) is 12.5 Å². The molecule has 0 radical (unpaired) electrons. The number of hydrogen-bond acceptors (Lipinski definition) is 2.